The molecule has 0 radical (unpaired) electrons. The van der Waals surface area contributed by atoms with E-state index in [1.54, 1.807) is 6.92 Å². The number of rotatable bonds is 4. The number of sulfonamides is 1. The maximum atomic E-state index is 14.1. The second-order valence-corrected chi connectivity index (χ2v) is 9.04. The highest BCUT2D eigenvalue weighted by molar-refractivity contribution is 7.90. The van der Waals surface area contributed by atoms with Crippen LogP contribution in [0.25, 0.3) is 33.3 Å². The number of pyridine rings is 2. The minimum absolute atomic E-state index is 0.0123. The Labute approximate surface area is 191 Å². The number of amides is 1. The van der Waals surface area contributed by atoms with Crippen molar-refractivity contribution in [2.75, 3.05) is 0 Å². The van der Waals surface area contributed by atoms with Crippen molar-refractivity contribution in [2.24, 2.45) is 0 Å². The molecular formula is C23H14F2N4O4S. The van der Waals surface area contributed by atoms with Crippen molar-refractivity contribution in [3.8, 4) is 11.3 Å². The summed E-state index contributed by atoms with van der Waals surface area (Å²) in [5.41, 5.74) is 0.867. The van der Waals surface area contributed by atoms with Crippen molar-refractivity contribution in [3.63, 3.8) is 0 Å². The second kappa shape index (κ2) is 7.96. The Hall–Kier alpha value is -4.25. The van der Waals surface area contributed by atoms with E-state index in [0.717, 1.165) is 12.1 Å². The number of nitrogens with zero attached hydrogens (tertiary/aromatic N) is 3. The lowest BCUT2D eigenvalue weighted by molar-refractivity contribution is 0.0983. The number of halogens is 2. The molecule has 34 heavy (non-hydrogen) atoms. The lowest BCUT2D eigenvalue weighted by Crippen LogP contribution is -2.31. The van der Waals surface area contributed by atoms with Crippen LogP contribution in [0.15, 0.2) is 70.2 Å². The molecular weight excluding hydrogens is 466 g/mol. The maximum Gasteiger partial charge on any atom is 0.265 e. The van der Waals surface area contributed by atoms with Crippen molar-refractivity contribution < 1.29 is 26.5 Å². The second-order valence-electron chi connectivity index (χ2n) is 7.39. The van der Waals surface area contributed by atoms with E-state index >= 15 is 0 Å². The van der Waals surface area contributed by atoms with E-state index in [4.69, 9.17) is 4.52 Å². The molecule has 0 unspecified atom stereocenters. The molecule has 11 heteroatoms. The number of aromatic nitrogens is 3. The summed E-state index contributed by atoms with van der Waals surface area (Å²) in [6.45, 7) is 1.58. The number of benzene rings is 2. The van der Waals surface area contributed by atoms with Crippen molar-refractivity contribution in [3.05, 3.63) is 83.7 Å². The summed E-state index contributed by atoms with van der Waals surface area (Å²) in [6, 6.07) is 11.6. The zero-order valence-electron chi connectivity index (χ0n) is 17.4. The van der Waals surface area contributed by atoms with E-state index in [2.05, 4.69) is 15.1 Å². The molecule has 0 aliphatic heterocycles. The Morgan fingerprint density at radius 1 is 1.06 bits per heavy atom. The van der Waals surface area contributed by atoms with E-state index < -0.39 is 27.6 Å². The molecule has 5 aromatic rings. The Bertz CT molecular complexity index is 1700. The predicted molar refractivity (Wildman–Crippen MR) is 118 cm³/mol. The van der Waals surface area contributed by atoms with Gasteiger partial charge in [0.15, 0.2) is 0 Å². The Morgan fingerprint density at radius 2 is 1.82 bits per heavy atom. The lowest BCUT2D eigenvalue weighted by Gasteiger charge is -2.11. The minimum Gasteiger partial charge on any atom is -0.335 e. The van der Waals surface area contributed by atoms with Crippen molar-refractivity contribution in [1.29, 1.82) is 0 Å². The van der Waals surface area contributed by atoms with Gasteiger partial charge in [0.2, 0.25) is 0 Å². The van der Waals surface area contributed by atoms with E-state index in [1.165, 1.54) is 48.7 Å². The lowest BCUT2D eigenvalue weighted by atomic mass is 10.1. The average molecular weight is 480 g/mol. The van der Waals surface area contributed by atoms with Gasteiger partial charge in [-0.3, -0.25) is 9.78 Å². The summed E-state index contributed by atoms with van der Waals surface area (Å²) in [6.07, 6.45) is 1.33. The molecule has 3 heterocycles. The molecule has 0 atom stereocenters. The van der Waals surface area contributed by atoms with Gasteiger partial charge < -0.3 is 4.52 Å². The molecule has 8 nitrogen and oxygen atoms in total. The third kappa shape index (κ3) is 3.65. The number of hydrogen-bond acceptors (Lipinski definition) is 7. The first kappa shape index (κ1) is 21.6. The van der Waals surface area contributed by atoms with Crippen LogP contribution in [0.3, 0.4) is 0 Å². The molecule has 1 amide bonds. The van der Waals surface area contributed by atoms with Crippen LogP contribution >= 0.6 is 0 Å². The molecule has 0 fully saturated rings. The molecule has 170 valence electrons. The molecule has 0 spiro atoms. The van der Waals surface area contributed by atoms with E-state index in [9.17, 15) is 22.0 Å². The van der Waals surface area contributed by atoms with Crippen LogP contribution in [0, 0.1) is 18.6 Å². The summed E-state index contributed by atoms with van der Waals surface area (Å²) >= 11 is 0. The molecule has 3 aromatic heterocycles. The first-order valence-corrected chi connectivity index (χ1v) is 11.4. The molecule has 1 N–H and O–H groups in total. The molecule has 0 aliphatic carbocycles. The van der Waals surface area contributed by atoms with Crippen LogP contribution in [0.5, 0.6) is 0 Å². The number of nitrogens with one attached hydrogen (secondary N) is 1. The Balaban J connectivity index is 1.61. The third-order valence-electron chi connectivity index (χ3n) is 5.20. The molecule has 0 bridgehead atoms. The molecule has 0 saturated carbocycles. The smallest absolute Gasteiger partial charge is 0.265 e. The zero-order valence-corrected chi connectivity index (χ0v) is 18.2. The first-order chi connectivity index (χ1) is 16.2. The molecule has 5 rings (SSSR count). The molecule has 0 aliphatic rings. The SMILES string of the molecule is Cc1noc2nc(-c3ccc(F)cc3)cc(C(=O)NS(=O)(=O)c3ccc(F)c4ncccc34)c12. The van der Waals surface area contributed by atoms with Crippen LogP contribution in [0.2, 0.25) is 0 Å². The van der Waals surface area contributed by atoms with Crippen LogP contribution < -0.4 is 4.72 Å². The first-order valence-electron chi connectivity index (χ1n) is 9.88. The van der Waals surface area contributed by atoms with Crippen LogP contribution in [0.4, 0.5) is 8.78 Å². The van der Waals surface area contributed by atoms with Gasteiger partial charge in [-0.05, 0) is 61.5 Å². The highest BCUT2D eigenvalue weighted by Crippen LogP contribution is 2.28. The van der Waals surface area contributed by atoms with Crippen LogP contribution in [-0.4, -0.2) is 29.4 Å². The summed E-state index contributed by atoms with van der Waals surface area (Å²) in [5.74, 6) is -2.12. The topological polar surface area (TPSA) is 115 Å². The number of hydrogen-bond donors (Lipinski definition) is 1. The summed E-state index contributed by atoms with van der Waals surface area (Å²) < 4.78 is 60.9. The Morgan fingerprint density at radius 3 is 2.59 bits per heavy atom. The van der Waals surface area contributed by atoms with Crippen LogP contribution in [0.1, 0.15) is 16.1 Å². The van der Waals surface area contributed by atoms with Gasteiger partial charge in [0.1, 0.15) is 17.2 Å². The summed E-state index contributed by atoms with van der Waals surface area (Å²) in [7, 11) is -4.43. The van der Waals surface area contributed by atoms with Crippen molar-refractivity contribution in [2.45, 2.75) is 11.8 Å². The van der Waals surface area contributed by atoms with E-state index in [-0.39, 0.29) is 38.2 Å². The van der Waals surface area contributed by atoms with Gasteiger partial charge in [0.25, 0.3) is 21.6 Å². The number of carbonyl (C=O) groups excluding carboxylic acids is 1. The standard InChI is InChI=1S/C23H14F2N4O4S/c1-12-20-16(11-18(27-23(20)33-28-12)13-4-6-14(24)7-5-13)22(30)29-34(31,32)19-9-8-17(25)21-15(19)3-2-10-26-21/h2-11H,1H3,(H,29,30). The summed E-state index contributed by atoms with van der Waals surface area (Å²) in [4.78, 5) is 21.1. The van der Waals surface area contributed by atoms with Gasteiger partial charge in [-0.1, -0.05) is 5.16 Å². The fourth-order valence-corrected chi connectivity index (χ4v) is 4.79. The fourth-order valence-electron chi connectivity index (χ4n) is 3.62. The maximum absolute atomic E-state index is 14.1. The van der Waals surface area contributed by atoms with Gasteiger partial charge in [0.05, 0.1) is 27.2 Å². The number of carbonyl (C=O) groups is 1. The monoisotopic (exact) mass is 480 g/mol. The number of fused-ring (bicyclic) bond motifs is 2. The normalized spacial score (nSPS) is 11.7. The minimum atomic E-state index is -4.43. The molecule has 2 aromatic carbocycles. The Kier molecular flexibility index (Phi) is 5.05. The van der Waals surface area contributed by atoms with Crippen molar-refractivity contribution in [1.82, 2.24) is 19.8 Å². The largest absolute Gasteiger partial charge is 0.335 e. The van der Waals surface area contributed by atoms with Gasteiger partial charge in [-0.15, -0.1) is 0 Å². The van der Waals surface area contributed by atoms with Gasteiger partial charge in [-0.25, -0.2) is 26.9 Å². The van der Waals surface area contributed by atoms with Crippen molar-refractivity contribution >= 4 is 37.9 Å². The fraction of sp³-hybridized carbons (Fsp3) is 0.0435. The number of aryl methyl sites for hydroxylation is 1. The van der Waals surface area contributed by atoms with Gasteiger partial charge in [0, 0.05) is 17.1 Å². The van der Waals surface area contributed by atoms with Gasteiger partial charge >= 0.3 is 0 Å². The zero-order chi connectivity index (χ0) is 24.0. The van der Waals surface area contributed by atoms with Gasteiger partial charge in [-0.2, -0.15) is 0 Å². The quantitative estimate of drug-likeness (QED) is 0.411. The summed E-state index contributed by atoms with van der Waals surface area (Å²) in [5, 5.41) is 4.07. The van der Waals surface area contributed by atoms with E-state index in [0.29, 0.717) is 11.3 Å². The third-order valence-corrected chi connectivity index (χ3v) is 6.59. The van der Waals surface area contributed by atoms with Crippen LogP contribution in [-0.2, 0) is 10.0 Å². The predicted octanol–water partition coefficient (Wildman–Crippen LogP) is 4.14. The molecule has 0 saturated heterocycles. The highest BCUT2D eigenvalue weighted by atomic mass is 32.2. The van der Waals surface area contributed by atoms with E-state index in [1.807, 2.05) is 4.72 Å². The highest BCUT2D eigenvalue weighted by Gasteiger charge is 2.26. The average Bonchev–Trinajstić information content (AvgIpc) is 3.19.